The molecular weight excluding hydrogens is 238 g/mol. The smallest absolute Gasteiger partial charge is 0.163 e. The summed E-state index contributed by atoms with van der Waals surface area (Å²) in [5.74, 6) is 0.733. The molecule has 0 spiro atoms. The summed E-state index contributed by atoms with van der Waals surface area (Å²) in [5.41, 5.74) is 0.660. The van der Waals surface area contributed by atoms with E-state index in [1.165, 1.54) is 0 Å². The lowest BCUT2D eigenvalue weighted by molar-refractivity contribution is 0.101. The Kier molecular flexibility index (Phi) is 6.57. The van der Waals surface area contributed by atoms with Crippen LogP contribution in [-0.4, -0.2) is 36.9 Å². The molecule has 0 aliphatic heterocycles. The van der Waals surface area contributed by atoms with Crippen LogP contribution in [0.3, 0.4) is 0 Å². The Labute approximate surface area is 116 Å². The number of carbonyl (C=O) groups is 1. The lowest BCUT2D eigenvalue weighted by Gasteiger charge is -2.26. The van der Waals surface area contributed by atoms with E-state index in [-0.39, 0.29) is 5.78 Å². The number of ketones is 1. The van der Waals surface area contributed by atoms with Crippen LogP contribution in [0.1, 0.15) is 44.0 Å². The highest BCUT2D eigenvalue weighted by Crippen LogP contribution is 2.18. The number of para-hydroxylation sites is 1. The molecule has 0 N–H and O–H groups in total. The molecule has 0 aliphatic rings. The van der Waals surface area contributed by atoms with Crippen molar-refractivity contribution in [3.05, 3.63) is 29.8 Å². The van der Waals surface area contributed by atoms with Crippen molar-refractivity contribution in [3.63, 3.8) is 0 Å². The fourth-order valence-electron chi connectivity index (χ4n) is 2.28. The minimum Gasteiger partial charge on any atom is -0.491 e. The number of benzene rings is 1. The zero-order valence-electron chi connectivity index (χ0n) is 12.5. The SMILES string of the molecule is CCC(CC)N(C)CCOc1ccccc1C(C)=O. The number of hydrogen-bond acceptors (Lipinski definition) is 3. The van der Waals surface area contributed by atoms with E-state index >= 15 is 0 Å². The number of carbonyl (C=O) groups excluding carboxylic acids is 1. The fourth-order valence-corrected chi connectivity index (χ4v) is 2.28. The minimum atomic E-state index is 0.0453. The van der Waals surface area contributed by atoms with Gasteiger partial charge in [0.25, 0.3) is 0 Å². The van der Waals surface area contributed by atoms with Gasteiger partial charge in [-0.25, -0.2) is 0 Å². The number of ether oxygens (including phenoxy) is 1. The van der Waals surface area contributed by atoms with E-state index < -0.39 is 0 Å². The summed E-state index contributed by atoms with van der Waals surface area (Å²) in [7, 11) is 2.12. The van der Waals surface area contributed by atoms with Gasteiger partial charge in [-0.05, 0) is 38.9 Å². The first-order valence-electron chi connectivity index (χ1n) is 7.03. The second-order valence-electron chi connectivity index (χ2n) is 4.85. The molecular formula is C16H25NO2. The highest BCUT2D eigenvalue weighted by Gasteiger charge is 2.11. The maximum absolute atomic E-state index is 11.5. The van der Waals surface area contributed by atoms with E-state index in [9.17, 15) is 4.79 Å². The molecule has 0 aliphatic carbocycles. The molecule has 0 amide bonds. The average molecular weight is 263 g/mol. The molecule has 0 bridgehead atoms. The van der Waals surface area contributed by atoms with Crippen molar-refractivity contribution < 1.29 is 9.53 Å². The highest BCUT2D eigenvalue weighted by molar-refractivity contribution is 5.96. The first-order chi connectivity index (χ1) is 9.10. The Bertz CT molecular complexity index is 399. The summed E-state index contributed by atoms with van der Waals surface area (Å²) in [4.78, 5) is 13.8. The fraction of sp³-hybridized carbons (Fsp3) is 0.562. The van der Waals surface area contributed by atoms with Crippen molar-refractivity contribution in [2.24, 2.45) is 0 Å². The number of hydrogen-bond donors (Lipinski definition) is 0. The zero-order chi connectivity index (χ0) is 14.3. The van der Waals surface area contributed by atoms with Gasteiger partial charge in [-0.15, -0.1) is 0 Å². The number of Topliss-reactive ketones (excluding diaryl/α,β-unsaturated/α-hetero) is 1. The lowest BCUT2D eigenvalue weighted by Crippen LogP contribution is -2.34. The molecule has 106 valence electrons. The molecule has 0 atom stereocenters. The van der Waals surface area contributed by atoms with Gasteiger partial charge in [0.1, 0.15) is 12.4 Å². The lowest BCUT2D eigenvalue weighted by atomic mass is 10.1. The largest absolute Gasteiger partial charge is 0.491 e. The van der Waals surface area contributed by atoms with Gasteiger partial charge in [-0.3, -0.25) is 4.79 Å². The Morgan fingerprint density at radius 2 is 1.89 bits per heavy atom. The molecule has 19 heavy (non-hydrogen) atoms. The third kappa shape index (κ3) is 4.67. The van der Waals surface area contributed by atoms with Crippen molar-refractivity contribution in [1.82, 2.24) is 4.90 Å². The molecule has 0 saturated carbocycles. The van der Waals surface area contributed by atoms with Gasteiger partial charge in [0.05, 0.1) is 5.56 Å². The van der Waals surface area contributed by atoms with Gasteiger partial charge in [0.15, 0.2) is 5.78 Å². The third-order valence-electron chi connectivity index (χ3n) is 3.53. The summed E-state index contributed by atoms with van der Waals surface area (Å²) in [5, 5.41) is 0. The Hall–Kier alpha value is -1.35. The number of likely N-dealkylation sites (N-methyl/N-ethyl adjacent to an activating group) is 1. The predicted octanol–water partition coefficient (Wildman–Crippen LogP) is 3.39. The Balaban J connectivity index is 2.52. The molecule has 0 heterocycles. The second-order valence-corrected chi connectivity index (χ2v) is 4.85. The van der Waals surface area contributed by atoms with Gasteiger partial charge in [0, 0.05) is 12.6 Å². The summed E-state index contributed by atoms with van der Waals surface area (Å²) in [6.45, 7) is 7.46. The monoisotopic (exact) mass is 263 g/mol. The normalized spacial score (nSPS) is 11.1. The number of rotatable bonds is 8. The minimum absolute atomic E-state index is 0.0453. The molecule has 0 radical (unpaired) electrons. The van der Waals surface area contributed by atoms with E-state index in [0.717, 1.165) is 19.4 Å². The summed E-state index contributed by atoms with van der Waals surface area (Å²) in [6, 6.07) is 8.02. The molecule has 1 rings (SSSR count). The Morgan fingerprint density at radius 1 is 1.26 bits per heavy atom. The average Bonchev–Trinajstić information content (AvgIpc) is 2.40. The first kappa shape index (κ1) is 15.7. The molecule has 1 aromatic carbocycles. The molecule has 0 saturated heterocycles. The predicted molar refractivity (Wildman–Crippen MR) is 78.9 cm³/mol. The maximum atomic E-state index is 11.5. The quantitative estimate of drug-likeness (QED) is 0.673. The van der Waals surface area contributed by atoms with E-state index in [1.54, 1.807) is 6.92 Å². The Morgan fingerprint density at radius 3 is 2.47 bits per heavy atom. The first-order valence-corrected chi connectivity index (χ1v) is 7.03. The van der Waals surface area contributed by atoms with Gasteiger partial charge in [-0.2, -0.15) is 0 Å². The van der Waals surface area contributed by atoms with Crippen molar-refractivity contribution in [2.45, 2.75) is 39.7 Å². The summed E-state index contributed by atoms with van der Waals surface area (Å²) in [6.07, 6.45) is 2.30. The van der Waals surface area contributed by atoms with Crippen molar-refractivity contribution in [2.75, 3.05) is 20.2 Å². The molecule has 3 heteroatoms. The molecule has 1 aromatic rings. The van der Waals surface area contributed by atoms with Crippen LogP contribution in [-0.2, 0) is 0 Å². The molecule has 0 aromatic heterocycles. The molecule has 0 unspecified atom stereocenters. The van der Waals surface area contributed by atoms with Gasteiger partial charge < -0.3 is 9.64 Å². The van der Waals surface area contributed by atoms with Gasteiger partial charge in [-0.1, -0.05) is 26.0 Å². The topological polar surface area (TPSA) is 29.5 Å². The third-order valence-corrected chi connectivity index (χ3v) is 3.53. The van der Waals surface area contributed by atoms with Crippen LogP contribution in [0.2, 0.25) is 0 Å². The van der Waals surface area contributed by atoms with Crippen molar-refractivity contribution >= 4 is 5.78 Å². The highest BCUT2D eigenvalue weighted by atomic mass is 16.5. The summed E-state index contributed by atoms with van der Waals surface area (Å²) >= 11 is 0. The van der Waals surface area contributed by atoms with Crippen molar-refractivity contribution in [1.29, 1.82) is 0 Å². The van der Waals surface area contributed by atoms with E-state index in [2.05, 4.69) is 25.8 Å². The van der Waals surface area contributed by atoms with Crippen LogP contribution in [0.5, 0.6) is 5.75 Å². The molecule has 3 nitrogen and oxygen atoms in total. The number of nitrogens with zero attached hydrogens (tertiary/aromatic N) is 1. The van der Waals surface area contributed by atoms with Crippen LogP contribution >= 0.6 is 0 Å². The van der Waals surface area contributed by atoms with Crippen molar-refractivity contribution in [3.8, 4) is 5.75 Å². The van der Waals surface area contributed by atoms with Gasteiger partial charge >= 0.3 is 0 Å². The summed E-state index contributed by atoms with van der Waals surface area (Å²) < 4.78 is 5.75. The zero-order valence-corrected chi connectivity index (χ0v) is 12.5. The van der Waals surface area contributed by atoms with Gasteiger partial charge in [0.2, 0.25) is 0 Å². The van der Waals surface area contributed by atoms with E-state index in [0.29, 0.717) is 24.0 Å². The second kappa shape index (κ2) is 7.95. The standard InChI is InChI=1S/C16H25NO2/c1-5-14(6-2)17(4)11-12-19-16-10-8-7-9-15(16)13(3)18/h7-10,14H,5-6,11-12H2,1-4H3. The van der Waals surface area contributed by atoms with E-state index in [4.69, 9.17) is 4.74 Å². The van der Waals surface area contributed by atoms with Crippen LogP contribution in [0.25, 0.3) is 0 Å². The van der Waals surface area contributed by atoms with Crippen LogP contribution in [0, 0.1) is 0 Å². The van der Waals surface area contributed by atoms with Crippen LogP contribution in [0.15, 0.2) is 24.3 Å². The maximum Gasteiger partial charge on any atom is 0.163 e. The molecule has 0 fully saturated rings. The van der Waals surface area contributed by atoms with Crippen LogP contribution < -0.4 is 4.74 Å². The van der Waals surface area contributed by atoms with Crippen LogP contribution in [0.4, 0.5) is 0 Å². The van der Waals surface area contributed by atoms with E-state index in [1.807, 2.05) is 24.3 Å².